The molecule has 1 rings (SSSR count). The van der Waals surface area contributed by atoms with E-state index in [0.717, 1.165) is 29.2 Å². The van der Waals surface area contributed by atoms with E-state index in [0.29, 0.717) is 5.92 Å². The molecule has 1 aromatic rings. The van der Waals surface area contributed by atoms with Crippen LogP contribution in [0.4, 0.5) is 0 Å². The molecule has 0 aliphatic carbocycles. The normalized spacial score (nSPS) is 12.6. The molecule has 1 unspecified atom stereocenters. The molecule has 0 radical (unpaired) electrons. The van der Waals surface area contributed by atoms with Gasteiger partial charge in [-0.3, -0.25) is 0 Å². The van der Waals surface area contributed by atoms with Crippen molar-refractivity contribution in [3.63, 3.8) is 0 Å². The Bertz CT molecular complexity index is 449. The monoisotopic (exact) mass is 290 g/mol. The molecule has 0 N–H and O–H groups in total. The zero-order chi connectivity index (χ0) is 15.7. The molecule has 0 aliphatic heterocycles. The summed E-state index contributed by atoms with van der Waals surface area (Å²) in [7, 11) is 1.71. The van der Waals surface area contributed by atoms with Gasteiger partial charge in [0, 0.05) is 5.56 Å². The number of unbranched alkanes of at least 4 members (excludes halogenated alkanes) is 1. The lowest BCUT2D eigenvalue weighted by Crippen LogP contribution is -2.12. The molecule has 0 saturated heterocycles. The van der Waals surface area contributed by atoms with Crippen molar-refractivity contribution in [3.8, 4) is 11.5 Å². The second-order valence-electron chi connectivity index (χ2n) is 5.59. The van der Waals surface area contributed by atoms with Gasteiger partial charge in [0.25, 0.3) is 0 Å². The van der Waals surface area contributed by atoms with Gasteiger partial charge >= 0.3 is 0 Å². The van der Waals surface area contributed by atoms with Crippen molar-refractivity contribution in [2.24, 2.45) is 5.92 Å². The molecule has 0 aromatic heterocycles. The summed E-state index contributed by atoms with van der Waals surface area (Å²) in [4.78, 5) is 0. The molecule has 0 spiro atoms. The van der Waals surface area contributed by atoms with Crippen molar-refractivity contribution in [3.05, 3.63) is 29.3 Å². The molecule has 2 heteroatoms. The van der Waals surface area contributed by atoms with Gasteiger partial charge in [-0.2, -0.15) is 0 Å². The Morgan fingerprint density at radius 2 is 1.95 bits per heavy atom. The quantitative estimate of drug-likeness (QED) is 0.586. The molecule has 21 heavy (non-hydrogen) atoms. The van der Waals surface area contributed by atoms with E-state index in [1.54, 1.807) is 7.11 Å². The second kappa shape index (κ2) is 9.49. The van der Waals surface area contributed by atoms with E-state index in [1.807, 2.05) is 13.0 Å². The first-order valence-corrected chi connectivity index (χ1v) is 8.10. The maximum absolute atomic E-state index is 6.11. The minimum atomic E-state index is 0.644. The third kappa shape index (κ3) is 5.45. The first-order valence-electron chi connectivity index (χ1n) is 8.10. The van der Waals surface area contributed by atoms with E-state index < -0.39 is 0 Å². The van der Waals surface area contributed by atoms with Crippen molar-refractivity contribution in [1.82, 2.24) is 0 Å². The van der Waals surface area contributed by atoms with Gasteiger partial charge < -0.3 is 9.47 Å². The van der Waals surface area contributed by atoms with Crippen LogP contribution in [0.5, 0.6) is 11.5 Å². The Balaban J connectivity index is 2.83. The Morgan fingerprint density at radius 3 is 2.52 bits per heavy atom. The molecule has 0 bridgehead atoms. The van der Waals surface area contributed by atoms with E-state index in [1.165, 1.54) is 25.7 Å². The van der Waals surface area contributed by atoms with Gasteiger partial charge in [-0.1, -0.05) is 45.3 Å². The second-order valence-corrected chi connectivity index (χ2v) is 5.59. The minimum absolute atomic E-state index is 0.644. The largest absolute Gasteiger partial charge is 0.496 e. The van der Waals surface area contributed by atoms with E-state index in [9.17, 15) is 0 Å². The lowest BCUT2D eigenvalue weighted by Gasteiger charge is -2.18. The first-order chi connectivity index (χ1) is 10.2. The maximum Gasteiger partial charge on any atom is 0.127 e. The van der Waals surface area contributed by atoms with Gasteiger partial charge in [0.2, 0.25) is 0 Å². The molecular weight excluding hydrogens is 260 g/mol. The van der Waals surface area contributed by atoms with E-state index in [2.05, 4.69) is 39.0 Å². The number of ether oxygens (including phenoxy) is 2. The Morgan fingerprint density at radius 1 is 1.19 bits per heavy atom. The zero-order valence-corrected chi connectivity index (χ0v) is 14.2. The number of methoxy groups -OCH3 is 1. The van der Waals surface area contributed by atoms with Crippen LogP contribution in [0.3, 0.4) is 0 Å². The molecule has 2 nitrogen and oxygen atoms in total. The minimum Gasteiger partial charge on any atom is -0.496 e. The number of rotatable bonds is 9. The average molecular weight is 290 g/mol. The fraction of sp³-hybridized carbons (Fsp3) is 0.579. The highest BCUT2D eigenvalue weighted by Gasteiger charge is 2.11. The standard InChI is InChI=1S/C19H30O2/c1-6-9-11-16(8-3)14-21-19-12-15(4)18(20-5)13-17(19)10-7-2/h7,10,12-13,16H,6,8-9,11,14H2,1-5H3/b10-7+. The number of hydrogen-bond acceptors (Lipinski definition) is 2. The van der Waals surface area contributed by atoms with Crippen molar-refractivity contribution < 1.29 is 9.47 Å². The van der Waals surface area contributed by atoms with Crippen LogP contribution < -0.4 is 9.47 Å². The molecule has 0 amide bonds. The lowest BCUT2D eigenvalue weighted by molar-refractivity contribution is 0.232. The fourth-order valence-electron chi connectivity index (χ4n) is 2.44. The highest BCUT2D eigenvalue weighted by atomic mass is 16.5. The molecule has 0 saturated carbocycles. The van der Waals surface area contributed by atoms with Crippen LogP contribution >= 0.6 is 0 Å². The SMILES string of the molecule is C/C=C/c1cc(OC)c(C)cc1OCC(CC)CCCC. The summed E-state index contributed by atoms with van der Waals surface area (Å²) >= 11 is 0. The average Bonchev–Trinajstić information content (AvgIpc) is 2.49. The van der Waals surface area contributed by atoms with Crippen LogP contribution in [0.2, 0.25) is 0 Å². The predicted octanol–water partition coefficient (Wildman–Crippen LogP) is 5.63. The van der Waals surface area contributed by atoms with E-state index in [-0.39, 0.29) is 0 Å². The first kappa shape index (κ1) is 17.6. The smallest absolute Gasteiger partial charge is 0.127 e. The summed E-state index contributed by atoms with van der Waals surface area (Å²) in [5.74, 6) is 2.51. The Kier molecular flexibility index (Phi) is 7.96. The number of hydrogen-bond donors (Lipinski definition) is 0. The summed E-state index contributed by atoms with van der Waals surface area (Å²) < 4.78 is 11.5. The molecule has 0 fully saturated rings. The van der Waals surface area contributed by atoms with Crippen molar-refractivity contribution in [1.29, 1.82) is 0 Å². The van der Waals surface area contributed by atoms with Crippen molar-refractivity contribution in [2.45, 2.75) is 53.4 Å². The topological polar surface area (TPSA) is 18.5 Å². The van der Waals surface area contributed by atoms with E-state index >= 15 is 0 Å². The molecule has 1 atom stereocenters. The van der Waals surface area contributed by atoms with Gasteiger partial charge in [-0.05, 0) is 43.9 Å². The van der Waals surface area contributed by atoms with Crippen LogP contribution in [-0.4, -0.2) is 13.7 Å². The van der Waals surface area contributed by atoms with Gasteiger partial charge in [-0.25, -0.2) is 0 Å². The Hall–Kier alpha value is -1.44. The number of allylic oxidation sites excluding steroid dienone is 1. The third-order valence-corrected chi connectivity index (χ3v) is 3.89. The molecule has 1 aromatic carbocycles. The third-order valence-electron chi connectivity index (χ3n) is 3.89. The van der Waals surface area contributed by atoms with Crippen molar-refractivity contribution in [2.75, 3.05) is 13.7 Å². The highest BCUT2D eigenvalue weighted by Crippen LogP contribution is 2.30. The Labute approximate surface area is 130 Å². The van der Waals surface area contributed by atoms with Gasteiger partial charge in [0.15, 0.2) is 0 Å². The number of aryl methyl sites for hydroxylation is 1. The molecular formula is C19H30O2. The van der Waals surface area contributed by atoms with Crippen LogP contribution in [0, 0.1) is 12.8 Å². The van der Waals surface area contributed by atoms with Crippen LogP contribution in [0.1, 0.15) is 57.6 Å². The van der Waals surface area contributed by atoms with Crippen LogP contribution in [0.25, 0.3) is 6.08 Å². The molecule has 0 aliphatic rings. The van der Waals surface area contributed by atoms with E-state index in [4.69, 9.17) is 9.47 Å². The predicted molar refractivity (Wildman–Crippen MR) is 91.2 cm³/mol. The summed E-state index contributed by atoms with van der Waals surface area (Å²) in [5, 5.41) is 0. The lowest BCUT2D eigenvalue weighted by atomic mass is 10.0. The fourth-order valence-corrected chi connectivity index (χ4v) is 2.44. The van der Waals surface area contributed by atoms with Crippen LogP contribution in [0.15, 0.2) is 18.2 Å². The summed E-state index contributed by atoms with van der Waals surface area (Å²) in [5.41, 5.74) is 2.20. The summed E-state index contributed by atoms with van der Waals surface area (Å²) in [6.45, 7) is 9.36. The number of benzene rings is 1. The van der Waals surface area contributed by atoms with Gasteiger partial charge in [-0.15, -0.1) is 0 Å². The molecule has 0 heterocycles. The summed E-state index contributed by atoms with van der Waals surface area (Å²) in [6, 6.07) is 4.14. The summed E-state index contributed by atoms with van der Waals surface area (Å²) in [6.07, 6.45) is 9.07. The maximum atomic E-state index is 6.11. The highest BCUT2D eigenvalue weighted by molar-refractivity contribution is 5.61. The van der Waals surface area contributed by atoms with Gasteiger partial charge in [0.1, 0.15) is 11.5 Å². The van der Waals surface area contributed by atoms with Gasteiger partial charge in [0.05, 0.1) is 13.7 Å². The molecule has 118 valence electrons. The zero-order valence-electron chi connectivity index (χ0n) is 14.2. The van der Waals surface area contributed by atoms with Crippen molar-refractivity contribution >= 4 is 6.08 Å². The van der Waals surface area contributed by atoms with Crippen LogP contribution in [-0.2, 0) is 0 Å².